The van der Waals surface area contributed by atoms with E-state index in [1.165, 1.54) is 11.1 Å². The molecule has 0 unspecified atom stereocenters. The van der Waals surface area contributed by atoms with Gasteiger partial charge in [0.25, 0.3) is 0 Å². The summed E-state index contributed by atoms with van der Waals surface area (Å²) in [6.45, 7) is 14.6. The molecule has 0 heterocycles. The first-order valence-corrected chi connectivity index (χ1v) is 6.44. The standard InChI is InChI=1S/C16H25NO/c1-11(18)17-14-9-8-12(15(2,3)4)10-13(14)16(5,6)7/h8-10H,1-7H3,(H,17,18). The van der Waals surface area contributed by atoms with Crippen LogP contribution < -0.4 is 5.32 Å². The van der Waals surface area contributed by atoms with Gasteiger partial charge < -0.3 is 5.32 Å². The quantitative estimate of drug-likeness (QED) is 0.790. The average molecular weight is 247 g/mol. The Morgan fingerprint density at radius 1 is 1.00 bits per heavy atom. The highest BCUT2D eigenvalue weighted by Crippen LogP contribution is 2.34. The van der Waals surface area contributed by atoms with Gasteiger partial charge in [0.05, 0.1) is 0 Å². The first-order valence-electron chi connectivity index (χ1n) is 6.44. The van der Waals surface area contributed by atoms with Crippen LogP contribution >= 0.6 is 0 Å². The van der Waals surface area contributed by atoms with E-state index in [4.69, 9.17) is 0 Å². The minimum Gasteiger partial charge on any atom is -0.326 e. The van der Waals surface area contributed by atoms with Crippen LogP contribution in [0.3, 0.4) is 0 Å². The fraction of sp³-hybridized carbons (Fsp3) is 0.562. The second kappa shape index (κ2) is 4.75. The van der Waals surface area contributed by atoms with Gasteiger partial charge >= 0.3 is 0 Å². The number of anilines is 1. The van der Waals surface area contributed by atoms with E-state index in [9.17, 15) is 4.79 Å². The number of carbonyl (C=O) groups excluding carboxylic acids is 1. The van der Waals surface area contributed by atoms with Crippen LogP contribution in [0.4, 0.5) is 5.69 Å². The van der Waals surface area contributed by atoms with Gasteiger partial charge in [0.2, 0.25) is 5.91 Å². The summed E-state index contributed by atoms with van der Waals surface area (Å²) in [7, 11) is 0. The van der Waals surface area contributed by atoms with E-state index in [0.717, 1.165) is 5.69 Å². The Labute approximate surface area is 111 Å². The summed E-state index contributed by atoms with van der Waals surface area (Å²) >= 11 is 0. The van der Waals surface area contributed by atoms with E-state index >= 15 is 0 Å². The molecule has 0 radical (unpaired) electrons. The van der Waals surface area contributed by atoms with Gasteiger partial charge in [-0.1, -0.05) is 53.7 Å². The summed E-state index contributed by atoms with van der Waals surface area (Å²) in [6, 6.07) is 6.33. The fourth-order valence-electron chi connectivity index (χ4n) is 1.93. The molecular weight excluding hydrogens is 222 g/mol. The summed E-state index contributed by atoms with van der Waals surface area (Å²) in [5.41, 5.74) is 3.53. The van der Waals surface area contributed by atoms with Crippen molar-refractivity contribution in [1.82, 2.24) is 0 Å². The van der Waals surface area contributed by atoms with Gasteiger partial charge in [-0.2, -0.15) is 0 Å². The van der Waals surface area contributed by atoms with Gasteiger partial charge in [-0.15, -0.1) is 0 Å². The maximum atomic E-state index is 11.3. The lowest BCUT2D eigenvalue weighted by Crippen LogP contribution is -2.19. The van der Waals surface area contributed by atoms with Gasteiger partial charge in [0.1, 0.15) is 0 Å². The molecule has 0 fully saturated rings. The van der Waals surface area contributed by atoms with Crippen molar-refractivity contribution < 1.29 is 4.79 Å². The van der Waals surface area contributed by atoms with Crippen molar-refractivity contribution >= 4 is 11.6 Å². The Balaban J connectivity index is 3.34. The Hall–Kier alpha value is -1.31. The molecule has 0 aromatic heterocycles. The molecule has 0 aliphatic rings. The Kier molecular flexibility index (Phi) is 3.89. The molecule has 2 nitrogen and oxygen atoms in total. The van der Waals surface area contributed by atoms with Crippen LogP contribution in [0.15, 0.2) is 18.2 Å². The molecule has 1 amide bonds. The van der Waals surface area contributed by atoms with Crippen molar-refractivity contribution in [2.45, 2.75) is 59.3 Å². The third kappa shape index (κ3) is 3.59. The molecule has 0 aliphatic carbocycles. The van der Waals surface area contributed by atoms with Gasteiger partial charge in [-0.25, -0.2) is 0 Å². The molecule has 18 heavy (non-hydrogen) atoms. The summed E-state index contributed by atoms with van der Waals surface area (Å²) < 4.78 is 0. The van der Waals surface area contributed by atoms with E-state index in [1.54, 1.807) is 6.92 Å². The van der Waals surface area contributed by atoms with E-state index < -0.39 is 0 Å². The van der Waals surface area contributed by atoms with Crippen molar-refractivity contribution in [1.29, 1.82) is 0 Å². The van der Waals surface area contributed by atoms with Crippen molar-refractivity contribution in [3.05, 3.63) is 29.3 Å². The van der Waals surface area contributed by atoms with E-state index in [1.807, 2.05) is 6.07 Å². The van der Waals surface area contributed by atoms with Crippen LogP contribution in [-0.2, 0) is 15.6 Å². The number of amides is 1. The third-order valence-electron chi connectivity index (χ3n) is 3.00. The molecule has 0 spiro atoms. The molecule has 1 aromatic rings. The van der Waals surface area contributed by atoms with Crippen molar-refractivity contribution in [2.75, 3.05) is 5.32 Å². The van der Waals surface area contributed by atoms with Crippen LogP contribution in [0, 0.1) is 0 Å². The highest BCUT2D eigenvalue weighted by molar-refractivity contribution is 5.89. The zero-order valence-electron chi connectivity index (χ0n) is 12.6. The van der Waals surface area contributed by atoms with Gasteiger partial charge in [-0.05, 0) is 28.0 Å². The number of nitrogens with one attached hydrogen (secondary N) is 1. The molecule has 1 aromatic carbocycles. The zero-order valence-corrected chi connectivity index (χ0v) is 12.6. The van der Waals surface area contributed by atoms with E-state index in [0.29, 0.717) is 0 Å². The number of benzene rings is 1. The molecule has 0 bridgehead atoms. The van der Waals surface area contributed by atoms with Crippen molar-refractivity contribution in [3.8, 4) is 0 Å². The van der Waals surface area contributed by atoms with Gasteiger partial charge in [-0.3, -0.25) is 4.79 Å². The van der Waals surface area contributed by atoms with Crippen LogP contribution in [0.2, 0.25) is 0 Å². The Morgan fingerprint density at radius 2 is 1.56 bits per heavy atom. The normalized spacial score (nSPS) is 12.4. The predicted molar refractivity (Wildman–Crippen MR) is 78.1 cm³/mol. The third-order valence-corrected chi connectivity index (χ3v) is 3.00. The second-order valence-electron chi connectivity index (χ2n) is 6.94. The topological polar surface area (TPSA) is 29.1 Å². The lowest BCUT2D eigenvalue weighted by atomic mass is 9.80. The maximum absolute atomic E-state index is 11.3. The maximum Gasteiger partial charge on any atom is 0.221 e. The monoisotopic (exact) mass is 247 g/mol. The largest absolute Gasteiger partial charge is 0.326 e. The van der Waals surface area contributed by atoms with Crippen LogP contribution in [-0.4, -0.2) is 5.91 Å². The second-order valence-corrected chi connectivity index (χ2v) is 6.94. The summed E-state index contributed by atoms with van der Waals surface area (Å²) in [5.74, 6) is -0.0241. The summed E-state index contributed by atoms with van der Waals surface area (Å²) in [4.78, 5) is 11.3. The van der Waals surface area contributed by atoms with E-state index in [-0.39, 0.29) is 16.7 Å². The van der Waals surface area contributed by atoms with Crippen molar-refractivity contribution in [3.63, 3.8) is 0 Å². The molecule has 0 saturated heterocycles. The zero-order chi connectivity index (χ0) is 14.1. The molecule has 1 rings (SSSR count). The number of rotatable bonds is 1. The molecule has 2 heteroatoms. The first kappa shape index (κ1) is 14.7. The molecule has 0 saturated carbocycles. The summed E-state index contributed by atoms with van der Waals surface area (Å²) in [5, 5.41) is 2.92. The van der Waals surface area contributed by atoms with Crippen molar-refractivity contribution in [2.24, 2.45) is 0 Å². The minimum absolute atomic E-state index is 0.0129. The minimum atomic E-state index is -0.0241. The van der Waals surface area contributed by atoms with Crippen LogP contribution in [0.5, 0.6) is 0 Å². The Bertz CT molecular complexity index is 447. The molecule has 0 atom stereocenters. The SMILES string of the molecule is CC(=O)Nc1ccc(C(C)(C)C)cc1C(C)(C)C. The fourth-order valence-corrected chi connectivity index (χ4v) is 1.93. The number of hydrogen-bond acceptors (Lipinski definition) is 1. The Morgan fingerprint density at radius 3 is 1.94 bits per heavy atom. The average Bonchev–Trinajstić information content (AvgIpc) is 2.13. The van der Waals surface area contributed by atoms with E-state index in [2.05, 4.69) is 59.0 Å². The summed E-state index contributed by atoms with van der Waals surface area (Å²) in [6.07, 6.45) is 0. The predicted octanol–water partition coefficient (Wildman–Crippen LogP) is 4.24. The highest BCUT2D eigenvalue weighted by atomic mass is 16.1. The smallest absolute Gasteiger partial charge is 0.221 e. The van der Waals surface area contributed by atoms with Gasteiger partial charge in [0.15, 0.2) is 0 Å². The highest BCUT2D eigenvalue weighted by Gasteiger charge is 2.22. The lowest BCUT2D eigenvalue weighted by molar-refractivity contribution is -0.114. The first-order chi connectivity index (χ1) is 8.01. The molecule has 100 valence electrons. The molecule has 1 N–H and O–H groups in total. The molecule has 0 aliphatic heterocycles. The lowest BCUT2D eigenvalue weighted by Gasteiger charge is -2.27. The number of carbonyl (C=O) groups is 1. The van der Waals surface area contributed by atoms with Gasteiger partial charge in [0, 0.05) is 12.6 Å². The molecular formula is C16H25NO. The van der Waals surface area contributed by atoms with Crippen LogP contribution in [0.1, 0.15) is 59.6 Å². The number of hydrogen-bond donors (Lipinski definition) is 1. The van der Waals surface area contributed by atoms with Crippen LogP contribution in [0.25, 0.3) is 0 Å².